The van der Waals surface area contributed by atoms with Gasteiger partial charge in [-0.05, 0) is 19.3 Å². The summed E-state index contributed by atoms with van der Waals surface area (Å²) in [6.45, 7) is 8.61. The fraction of sp³-hybridized carbons (Fsp3) is 1.00. The van der Waals surface area contributed by atoms with Crippen molar-refractivity contribution in [1.82, 2.24) is 4.90 Å². The summed E-state index contributed by atoms with van der Waals surface area (Å²) in [6, 6.07) is 0. The maximum absolute atomic E-state index is 12.3. The number of hydrogen-bond acceptors (Lipinski definition) is 6. The van der Waals surface area contributed by atoms with Crippen molar-refractivity contribution in [2.45, 2.75) is 309 Å². The molecule has 9 heteroatoms. The molecule has 0 heterocycles. The van der Waals surface area contributed by atoms with Gasteiger partial charge >= 0.3 is 7.82 Å². The van der Waals surface area contributed by atoms with Gasteiger partial charge in [0.2, 0.25) is 0 Å². The summed E-state index contributed by atoms with van der Waals surface area (Å²) >= 11 is 0. The Morgan fingerprint density at radius 2 is 0.508 bits per heavy atom. The third-order valence-corrected chi connectivity index (χ3v) is 13.9. The molecule has 63 heavy (non-hydrogen) atoms. The molecule has 382 valence electrons. The molecular weight excluding hydrogens is 806 g/mol. The van der Waals surface area contributed by atoms with Gasteiger partial charge in [-0.1, -0.05) is 284 Å². The lowest BCUT2D eigenvalue weighted by molar-refractivity contribution is 0.00532. The minimum Gasteiger partial charge on any atom is -0.395 e. The van der Waals surface area contributed by atoms with Crippen LogP contribution in [0.4, 0.5) is 0 Å². The van der Waals surface area contributed by atoms with Crippen molar-refractivity contribution in [1.29, 1.82) is 0 Å². The van der Waals surface area contributed by atoms with Gasteiger partial charge in [0.05, 0.1) is 25.4 Å². The molecule has 0 amide bonds. The monoisotopic (exact) mass is 920 g/mol. The minimum absolute atomic E-state index is 0.0694. The fourth-order valence-corrected chi connectivity index (χ4v) is 10.1. The van der Waals surface area contributed by atoms with Crippen LogP contribution < -0.4 is 0 Å². The second kappa shape index (κ2) is 52.9. The number of rotatable bonds is 52. The van der Waals surface area contributed by atoms with Crippen molar-refractivity contribution in [3.8, 4) is 0 Å². The lowest BCUT2D eigenvalue weighted by atomic mass is 9.85. The highest BCUT2D eigenvalue weighted by molar-refractivity contribution is 7.46. The van der Waals surface area contributed by atoms with Gasteiger partial charge in [0.25, 0.3) is 0 Å². The van der Waals surface area contributed by atoms with E-state index in [4.69, 9.17) is 19.8 Å². The van der Waals surface area contributed by atoms with Crippen LogP contribution in [0, 0.1) is 0 Å². The number of aliphatic hydroxyl groups excluding tert-OH is 3. The van der Waals surface area contributed by atoms with Crippen LogP contribution in [0.1, 0.15) is 303 Å². The van der Waals surface area contributed by atoms with Gasteiger partial charge in [0.15, 0.2) is 0 Å². The number of phosphoric ester groups is 1. The summed E-state index contributed by atoms with van der Waals surface area (Å²) in [5.74, 6) is 0. The molecular formula is C54H114NO7P. The van der Waals surface area contributed by atoms with E-state index >= 15 is 0 Å². The van der Waals surface area contributed by atoms with E-state index in [9.17, 15) is 14.4 Å². The average Bonchev–Trinajstić information content (AvgIpc) is 3.25. The zero-order valence-electron chi connectivity index (χ0n) is 42.8. The highest BCUT2D eigenvalue weighted by Crippen LogP contribution is 2.47. The number of unbranched alkanes of at least 4 members (excludes halogenated alkanes) is 38. The standard InChI is InChI=1S/C48H99O4P.C6H15NO3/c1-4-7-10-13-16-19-22-25-28-31-34-37-40-43-46-48(52-53(49,50)51,45-42-39-36-33-30-27-24-21-18-15-12-9-6-3)47-44-41-38-35-32-29-26-23-20-17-14-11-8-5-2;8-4-1-7(2-5-9)3-6-10/h4-47H2,1-3H3,(H2,49,50,51);8-10H,1-6H2. The highest BCUT2D eigenvalue weighted by Gasteiger charge is 2.36. The molecule has 5 N–H and O–H groups in total. The highest BCUT2D eigenvalue weighted by atomic mass is 31.2. The molecule has 0 spiro atoms. The summed E-state index contributed by atoms with van der Waals surface area (Å²) < 4.78 is 18.2. The van der Waals surface area contributed by atoms with Gasteiger partial charge in [0.1, 0.15) is 0 Å². The molecule has 0 aliphatic heterocycles. The Balaban J connectivity index is 0. The van der Waals surface area contributed by atoms with Crippen LogP contribution in [-0.4, -0.2) is 75.1 Å². The zero-order chi connectivity index (χ0) is 46.6. The lowest BCUT2D eigenvalue weighted by Gasteiger charge is -2.34. The van der Waals surface area contributed by atoms with Gasteiger partial charge < -0.3 is 25.1 Å². The van der Waals surface area contributed by atoms with E-state index in [-0.39, 0.29) is 19.8 Å². The molecule has 0 aromatic carbocycles. The van der Waals surface area contributed by atoms with Gasteiger partial charge in [-0.25, -0.2) is 4.57 Å². The third-order valence-electron chi connectivity index (χ3n) is 13.3. The second-order valence-electron chi connectivity index (χ2n) is 19.5. The average molecular weight is 920 g/mol. The van der Waals surface area contributed by atoms with Gasteiger partial charge in [0, 0.05) is 19.6 Å². The summed E-state index contributed by atoms with van der Waals surface area (Å²) in [5.41, 5.74) is -0.662. The molecule has 0 atom stereocenters. The summed E-state index contributed by atoms with van der Waals surface area (Å²) in [7, 11) is -4.55. The Hall–Kier alpha value is -0.0500. The Bertz CT molecular complexity index is 844. The number of nitrogens with zero attached hydrogens (tertiary/aromatic N) is 1. The van der Waals surface area contributed by atoms with Crippen LogP contribution in [0.25, 0.3) is 0 Å². The molecule has 0 unspecified atom stereocenters. The van der Waals surface area contributed by atoms with E-state index < -0.39 is 13.4 Å². The fourth-order valence-electron chi connectivity index (χ4n) is 9.27. The number of aliphatic hydroxyl groups is 3. The Morgan fingerprint density at radius 3 is 0.667 bits per heavy atom. The van der Waals surface area contributed by atoms with E-state index in [0.29, 0.717) is 19.6 Å². The smallest absolute Gasteiger partial charge is 0.395 e. The van der Waals surface area contributed by atoms with Crippen molar-refractivity contribution in [3.05, 3.63) is 0 Å². The van der Waals surface area contributed by atoms with Crippen LogP contribution in [-0.2, 0) is 9.09 Å². The van der Waals surface area contributed by atoms with Crippen LogP contribution in [0.15, 0.2) is 0 Å². The quantitative estimate of drug-likeness (QED) is 0.0301. The molecule has 0 radical (unpaired) electrons. The molecule has 0 aromatic rings. The van der Waals surface area contributed by atoms with Crippen molar-refractivity contribution in [2.75, 3.05) is 39.5 Å². The third kappa shape index (κ3) is 52.8. The summed E-state index contributed by atoms with van der Waals surface area (Å²) in [6.07, 6.45) is 56.6. The summed E-state index contributed by atoms with van der Waals surface area (Å²) in [4.78, 5) is 21.9. The first-order chi connectivity index (χ1) is 30.7. The predicted molar refractivity (Wildman–Crippen MR) is 274 cm³/mol. The van der Waals surface area contributed by atoms with Crippen molar-refractivity contribution in [3.63, 3.8) is 0 Å². The topological polar surface area (TPSA) is 131 Å². The largest absolute Gasteiger partial charge is 0.470 e. The molecule has 0 aliphatic rings. The Labute approximate surface area is 393 Å². The second-order valence-corrected chi connectivity index (χ2v) is 20.6. The van der Waals surface area contributed by atoms with Crippen LogP contribution in [0.5, 0.6) is 0 Å². The lowest BCUT2D eigenvalue weighted by Crippen LogP contribution is -2.32. The molecule has 0 rings (SSSR count). The van der Waals surface area contributed by atoms with Gasteiger partial charge in [-0.2, -0.15) is 0 Å². The van der Waals surface area contributed by atoms with E-state index in [0.717, 1.165) is 57.8 Å². The van der Waals surface area contributed by atoms with Crippen molar-refractivity contribution < 1.29 is 34.2 Å². The van der Waals surface area contributed by atoms with Crippen molar-refractivity contribution in [2.24, 2.45) is 0 Å². The summed E-state index contributed by atoms with van der Waals surface area (Å²) in [5, 5.41) is 25.5. The molecule has 0 fully saturated rings. The van der Waals surface area contributed by atoms with E-state index in [1.807, 2.05) is 0 Å². The molecule has 0 saturated heterocycles. The molecule has 0 saturated carbocycles. The van der Waals surface area contributed by atoms with E-state index in [1.165, 1.54) is 225 Å². The maximum Gasteiger partial charge on any atom is 0.470 e. The van der Waals surface area contributed by atoms with Crippen LogP contribution in [0.3, 0.4) is 0 Å². The number of phosphoric acid groups is 1. The Morgan fingerprint density at radius 1 is 0.333 bits per heavy atom. The van der Waals surface area contributed by atoms with Crippen molar-refractivity contribution >= 4 is 7.82 Å². The molecule has 0 aliphatic carbocycles. The minimum atomic E-state index is -4.55. The number of hydrogen-bond donors (Lipinski definition) is 5. The van der Waals surface area contributed by atoms with Crippen LogP contribution in [0.2, 0.25) is 0 Å². The first-order valence-electron chi connectivity index (χ1n) is 28.0. The van der Waals surface area contributed by atoms with E-state index in [2.05, 4.69) is 20.8 Å². The van der Waals surface area contributed by atoms with E-state index in [1.54, 1.807) is 4.90 Å². The molecule has 8 nitrogen and oxygen atoms in total. The van der Waals surface area contributed by atoms with Crippen LogP contribution >= 0.6 is 7.82 Å². The first-order valence-corrected chi connectivity index (χ1v) is 29.6. The van der Waals surface area contributed by atoms with Gasteiger partial charge in [-0.15, -0.1) is 0 Å². The molecule has 0 aromatic heterocycles. The predicted octanol–water partition coefficient (Wildman–Crippen LogP) is 16.3. The SMILES string of the molecule is CCCCCCCCCCCCCCCCC(CCCCCCCCCCCCCCC)(CCCCCCCCCCCCCCCC)OP(=O)(O)O.OCCN(CCO)CCO. The maximum atomic E-state index is 12.3. The normalized spacial score (nSPS) is 12.1. The molecule has 0 bridgehead atoms. The van der Waals surface area contributed by atoms with Gasteiger partial charge in [-0.3, -0.25) is 9.42 Å². The Kier molecular flexibility index (Phi) is 54.6. The zero-order valence-corrected chi connectivity index (χ0v) is 43.7. The first kappa shape index (κ1) is 65.0.